The van der Waals surface area contributed by atoms with E-state index < -0.39 is 0 Å². The highest BCUT2D eigenvalue weighted by atomic mass is 14.1. The number of benzene rings is 2. The summed E-state index contributed by atoms with van der Waals surface area (Å²) >= 11 is 0. The molecule has 0 saturated carbocycles. The quantitative estimate of drug-likeness (QED) is 0.779. The van der Waals surface area contributed by atoms with Crippen molar-refractivity contribution in [2.75, 3.05) is 0 Å². The second kappa shape index (κ2) is 6.38. The normalized spacial score (nSPS) is 12.1. The summed E-state index contributed by atoms with van der Waals surface area (Å²) in [5, 5.41) is 2.32. The van der Waals surface area contributed by atoms with Crippen LogP contribution in [0.2, 0.25) is 0 Å². The maximum Gasteiger partial charge on any atom is -0.00795 e. The smallest absolute Gasteiger partial charge is 0.00795 e. The molecule has 0 amide bonds. The van der Waals surface area contributed by atoms with Crippen molar-refractivity contribution in [1.82, 2.24) is 0 Å². The molecule has 0 aliphatic rings. The molecule has 0 radical (unpaired) electrons. The summed E-state index contributed by atoms with van der Waals surface area (Å²) in [6.07, 6.45) is 3.96. The van der Waals surface area contributed by atoms with Crippen LogP contribution in [0, 0.1) is 0 Å². The molecule has 2 rings (SSSR count). The number of rotatable bonds is 4. The van der Waals surface area contributed by atoms with E-state index in [0.717, 1.165) is 18.1 Å². The first kappa shape index (κ1) is 14.3. The van der Waals surface area contributed by atoms with Crippen molar-refractivity contribution in [1.29, 1.82) is 0 Å². The number of hydrogen-bond acceptors (Lipinski definition) is 0. The molecule has 0 fully saturated rings. The molecule has 2 aromatic carbocycles. The molecule has 0 N–H and O–H groups in total. The van der Waals surface area contributed by atoms with Crippen LogP contribution in [0.3, 0.4) is 0 Å². The summed E-state index contributed by atoms with van der Waals surface area (Å²) < 4.78 is 0. The highest BCUT2D eigenvalue weighted by Crippen LogP contribution is 2.21. The van der Waals surface area contributed by atoms with Gasteiger partial charge in [-0.05, 0) is 45.5 Å². The van der Waals surface area contributed by atoms with Gasteiger partial charge in [0.05, 0.1) is 0 Å². The Bertz CT molecular complexity index is 720. The lowest BCUT2D eigenvalue weighted by atomic mass is 9.93. The minimum Gasteiger partial charge on any atom is -0.0988 e. The fourth-order valence-corrected chi connectivity index (χ4v) is 2.72. The third-order valence-electron chi connectivity index (χ3n) is 3.79. The summed E-state index contributed by atoms with van der Waals surface area (Å²) in [5.41, 5.74) is 5.21. The van der Waals surface area contributed by atoms with Crippen LogP contribution in [-0.4, -0.2) is 0 Å². The monoisotopic (exact) mass is 262 g/mol. The standard InChI is InChI=1S/C20H22/c1-5-16(6-2)20-15(4)11-10-14-19(20)18-13-9-8-12-17(18)7-3/h5,8-14H,1,4,6-7H2,2-3H3/b20-16-. The summed E-state index contributed by atoms with van der Waals surface area (Å²) in [6, 6.07) is 15.0. The van der Waals surface area contributed by atoms with Crippen molar-refractivity contribution in [3.63, 3.8) is 0 Å². The third-order valence-corrected chi connectivity index (χ3v) is 3.79. The van der Waals surface area contributed by atoms with Gasteiger partial charge in [0.15, 0.2) is 0 Å². The molecule has 0 aromatic heterocycles. The van der Waals surface area contributed by atoms with Gasteiger partial charge in [-0.2, -0.15) is 0 Å². The average Bonchev–Trinajstić information content (AvgIpc) is 2.50. The van der Waals surface area contributed by atoms with Gasteiger partial charge in [0.2, 0.25) is 0 Å². The summed E-state index contributed by atoms with van der Waals surface area (Å²) in [6.45, 7) is 12.5. The van der Waals surface area contributed by atoms with Gasteiger partial charge < -0.3 is 0 Å². The second-order valence-corrected chi connectivity index (χ2v) is 4.93. The van der Waals surface area contributed by atoms with Crippen molar-refractivity contribution in [3.8, 4) is 11.1 Å². The van der Waals surface area contributed by atoms with Gasteiger partial charge in [-0.3, -0.25) is 0 Å². The van der Waals surface area contributed by atoms with Crippen molar-refractivity contribution >= 4 is 12.2 Å². The molecule has 0 bridgehead atoms. The molecule has 0 spiro atoms. The minimum atomic E-state index is 0.970. The maximum atomic E-state index is 4.21. The highest BCUT2D eigenvalue weighted by Gasteiger charge is 2.06. The number of allylic oxidation sites excluding steroid dienone is 1. The zero-order chi connectivity index (χ0) is 14.5. The summed E-state index contributed by atoms with van der Waals surface area (Å²) in [4.78, 5) is 0. The van der Waals surface area contributed by atoms with Crippen molar-refractivity contribution in [2.45, 2.75) is 26.7 Å². The Morgan fingerprint density at radius 3 is 2.35 bits per heavy atom. The Kier molecular flexibility index (Phi) is 4.57. The predicted octanol–water partition coefficient (Wildman–Crippen LogP) is 4.07. The fourth-order valence-electron chi connectivity index (χ4n) is 2.72. The molecule has 0 aliphatic heterocycles. The number of aryl methyl sites for hydroxylation is 1. The number of hydrogen-bond donors (Lipinski definition) is 0. The molecule has 2 aromatic rings. The van der Waals surface area contributed by atoms with E-state index in [4.69, 9.17) is 0 Å². The third kappa shape index (κ3) is 2.60. The lowest BCUT2D eigenvalue weighted by Crippen LogP contribution is -2.27. The van der Waals surface area contributed by atoms with Crippen LogP contribution >= 0.6 is 0 Å². The van der Waals surface area contributed by atoms with E-state index in [1.165, 1.54) is 27.5 Å². The van der Waals surface area contributed by atoms with Crippen LogP contribution < -0.4 is 10.4 Å². The van der Waals surface area contributed by atoms with E-state index in [1.807, 2.05) is 6.08 Å². The molecular weight excluding hydrogens is 240 g/mol. The van der Waals surface area contributed by atoms with E-state index in [2.05, 4.69) is 69.5 Å². The molecule has 20 heavy (non-hydrogen) atoms. The molecule has 0 heteroatoms. The summed E-state index contributed by atoms with van der Waals surface area (Å²) in [7, 11) is 0. The highest BCUT2D eigenvalue weighted by molar-refractivity contribution is 5.73. The molecule has 0 saturated heterocycles. The van der Waals surface area contributed by atoms with Gasteiger partial charge >= 0.3 is 0 Å². The van der Waals surface area contributed by atoms with Crippen molar-refractivity contribution in [2.24, 2.45) is 0 Å². The van der Waals surface area contributed by atoms with E-state index in [1.54, 1.807) is 0 Å². The van der Waals surface area contributed by atoms with Crippen LogP contribution in [-0.2, 0) is 6.42 Å². The van der Waals surface area contributed by atoms with E-state index >= 15 is 0 Å². The van der Waals surface area contributed by atoms with Gasteiger partial charge in [0.25, 0.3) is 0 Å². The van der Waals surface area contributed by atoms with E-state index in [-0.39, 0.29) is 0 Å². The Morgan fingerprint density at radius 2 is 1.70 bits per heavy atom. The second-order valence-electron chi connectivity index (χ2n) is 4.93. The molecule has 0 atom stereocenters. The largest absolute Gasteiger partial charge is 0.0988 e. The van der Waals surface area contributed by atoms with Gasteiger partial charge in [-0.1, -0.05) is 75.5 Å². The van der Waals surface area contributed by atoms with Gasteiger partial charge in [0, 0.05) is 0 Å². The lowest BCUT2D eigenvalue weighted by molar-refractivity contribution is 1.14. The van der Waals surface area contributed by atoms with Gasteiger partial charge in [-0.25, -0.2) is 0 Å². The van der Waals surface area contributed by atoms with E-state index in [9.17, 15) is 0 Å². The topological polar surface area (TPSA) is 0 Å². The zero-order valence-corrected chi connectivity index (χ0v) is 12.4. The molecule has 0 nitrogen and oxygen atoms in total. The molecule has 0 unspecified atom stereocenters. The Hall–Kier alpha value is -2.08. The first-order valence-electron chi connectivity index (χ1n) is 7.24. The predicted molar refractivity (Wildman–Crippen MR) is 89.9 cm³/mol. The van der Waals surface area contributed by atoms with Crippen LogP contribution in [0.25, 0.3) is 23.3 Å². The minimum absolute atomic E-state index is 0.970. The van der Waals surface area contributed by atoms with Crippen LogP contribution in [0.5, 0.6) is 0 Å². The Labute approximate surface area is 121 Å². The molecular formula is C20H22. The first-order valence-corrected chi connectivity index (χ1v) is 7.24. The average molecular weight is 262 g/mol. The molecule has 0 heterocycles. The Morgan fingerprint density at radius 1 is 1.00 bits per heavy atom. The van der Waals surface area contributed by atoms with Crippen LogP contribution in [0.15, 0.2) is 55.1 Å². The van der Waals surface area contributed by atoms with Crippen molar-refractivity contribution < 1.29 is 0 Å². The Balaban J connectivity index is 2.90. The molecule has 0 aliphatic carbocycles. The summed E-state index contributed by atoms with van der Waals surface area (Å²) in [5.74, 6) is 0. The first-order chi connectivity index (χ1) is 9.72. The fraction of sp³-hybridized carbons (Fsp3) is 0.200. The van der Waals surface area contributed by atoms with Crippen LogP contribution in [0.1, 0.15) is 25.8 Å². The van der Waals surface area contributed by atoms with Crippen LogP contribution in [0.4, 0.5) is 0 Å². The van der Waals surface area contributed by atoms with Gasteiger partial charge in [-0.15, -0.1) is 0 Å². The lowest BCUT2D eigenvalue weighted by Gasteiger charge is -2.11. The molecule has 102 valence electrons. The maximum absolute atomic E-state index is 4.21. The van der Waals surface area contributed by atoms with Crippen molar-refractivity contribution in [3.05, 3.63) is 71.1 Å². The SMILES string of the molecule is C=C/C(CC)=c1/c(-c2ccccc2CC)cccc1=C. The zero-order valence-electron chi connectivity index (χ0n) is 12.4. The van der Waals surface area contributed by atoms with E-state index in [0.29, 0.717) is 0 Å². The van der Waals surface area contributed by atoms with Gasteiger partial charge in [0.1, 0.15) is 0 Å².